The summed E-state index contributed by atoms with van der Waals surface area (Å²) >= 11 is 0. The molecule has 2 unspecified atom stereocenters. The molecule has 5 heterocycles. The molecule has 3 fully saturated rings. The molecule has 0 amide bonds. The van der Waals surface area contributed by atoms with Gasteiger partial charge in [0.1, 0.15) is 23.7 Å². The number of anilines is 4. The Kier molecular flexibility index (Phi) is 19.4. The van der Waals surface area contributed by atoms with Crippen LogP contribution in [0.5, 0.6) is 0 Å². The predicted molar refractivity (Wildman–Crippen MR) is 321 cm³/mol. The molecule has 10 rings (SSSR count). The van der Waals surface area contributed by atoms with Crippen molar-refractivity contribution in [2.45, 2.75) is 117 Å². The number of alkyl halides is 2. The number of halogens is 4. The van der Waals surface area contributed by atoms with Crippen LogP contribution >= 0.6 is 0 Å². The number of benzene rings is 5. The van der Waals surface area contributed by atoms with E-state index >= 15 is 8.78 Å². The third-order valence-electron chi connectivity index (χ3n) is 16.3. The largest absolute Gasteiger partial charge is 0.494 e. The molecule has 7 aromatic rings. The molecule has 19 heteroatoms. The molecule has 3 saturated heterocycles. The number of rotatable bonds is 17. The quantitative estimate of drug-likeness (QED) is 0.0587. The summed E-state index contributed by atoms with van der Waals surface area (Å²) < 4.78 is 73.9. The second-order valence-corrected chi connectivity index (χ2v) is 23.6. The molecule has 5 aromatic carbocycles. The highest BCUT2D eigenvalue weighted by molar-refractivity contribution is 6.62. The lowest BCUT2D eigenvalue weighted by molar-refractivity contribution is -0.207. The molecule has 0 saturated carbocycles. The minimum atomic E-state index is -4.14. The molecule has 442 valence electrons. The van der Waals surface area contributed by atoms with Crippen LogP contribution in [0.25, 0.3) is 11.1 Å². The zero-order chi connectivity index (χ0) is 58.6. The number of hydrogen-bond donors (Lipinski definition) is 3. The molecule has 2 aromatic heterocycles. The van der Waals surface area contributed by atoms with Crippen molar-refractivity contribution in [3.8, 4) is 11.1 Å². The Morgan fingerprint density at radius 1 is 0.590 bits per heavy atom. The first-order chi connectivity index (χ1) is 39.0. The van der Waals surface area contributed by atoms with E-state index < -0.39 is 47.1 Å². The Balaban J connectivity index is 0.000000231. The fourth-order valence-corrected chi connectivity index (χ4v) is 10.7. The first kappa shape index (κ1) is 62.2. The van der Waals surface area contributed by atoms with E-state index in [1.54, 1.807) is 0 Å². The average molecular weight is 1140 g/mol. The third-order valence-corrected chi connectivity index (χ3v) is 16.3. The van der Waals surface area contributed by atoms with Crippen LogP contribution in [0, 0.1) is 23.5 Å². The summed E-state index contributed by atoms with van der Waals surface area (Å²) in [5.41, 5.74) is 3.43. The Labute approximate surface area is 486 Å². The van der Waals surface area contributed by atoms with Crippen LogP contribution in [0.15, 0.2) is 140 Å². The predicted octanol–water partition coefficient (Wildman–Crippen LogP) is 11.1. The second kappa shape index (κ2) is 25.9. The number of nitrogens with zero attached hydrogens (tertiary/aromatic N) is 9. The van der Waals surface area contributed by atoms with Crippen molar-refractivity contribution in [3.63, 3.8) is 0 Å². The Morgan fingerprint density at radius 2 is 1.01 bits per heavy atom. The summed E-state index contributed by atoms with van der Waals surface area (Å²) in [6, 6.07) is 37.4. The van der Waals surface area contributed by atoms with Gasteiger partial charge in [0, 0.05) is 98.5 Å². The first-order valence-electron chi connectivity index (χ1n) is 28.3. The molecule has 3 N–H and O–H groups in total. The molecule has 0 aliphatic carbocycles. The molecular weight excluding hydrogens is 1060 g/mol. The van der Waals surface area contributed by atoms with Gasteiger partial charge in [-0.1, -0.05) is 89.7 Å². The SMILES string of the molecule is C.CC(C)CC(O)c1ccc(N2CCN(c3ccc(-c4ccc(C(F)(F)[C@](O)(Cn5cnnn5)c5ccc(F)cc5F)nc4)cc3)CC2)cc1.CC(C)CC(O)c1ccc(N2CCN(c3ccc(B4OC(C)(C)C(C)(C)O4)cc3)CC2)cc1. The van der Waals surface area contributed by atoms with Crippen LogP contribution in [0.2, 0.25) is 0 Å². The maximum absolute atomic E-state index is 16.1. The van der Waals surface area contributed by atoms with Crippen molar-refractivity contribution in [1.82, 2.24) is 25.2 Å². The monoisotopic (exact) mass is 1140 g/mol. The van der Waals surface area contributed by atoms with Gasteiger partial charge in [-0.25, -0.2) is 13.5 Å². The standard InChI is InChI=1S/C36H37F4N7O2.C27H39BN2O3.CH4/c1-24(2)19-33(48)26-5-11-30(12-6-26)46-17-15-45(16-18-46)29-9-3-25(4-10-29)27-7-14-34(41-21-27)36(39,40)35(49,22-47-23-42-43-44-47)31-13-8-28(37)20-32(31)38;1-20(2)19-25(31)21-7-11-23(12-8-21)29-15-17-30(18-16-29)24-13-9-22(10-14-24)28-32-26(3,4)27(5,6)33-28;/h3-14,20-21,23-24,33,48-49H,15-19,22H2,1-2H3;7-14,20,25,31H,15-19H2,1-6H3;1H4/t33?,35-;;/m0../s1. The van der Waals surface area contributed by atoms with E-state index in [-0.39, 0.29) is 31.9 Å². The van der Waals surface area contributed by atoms with E-state index in [9.17, 15) is 24.1 Å². The van der Waals surface area contributed by atoms with E-state index in [0.29, 0.717) is 23.5 Å². The van der Waals surface area contributed by atoms with E-state index in [4.69, 9.17) is 9.31 Å². The van der Waals surface area contributed by atoms with Gasteiger partial charge in [-0.3, -0.25) is 4.98 Å². The first-order valence-corrected chi connectivity index (χ1v) is 28.3. The summed E-state index contributed by atoms with van der Waals surface area (Å²) in [6.45, 7) is 23.1. The van der Waals surface area contributed by atoms with Gasteiger partial charge in [0.2, 0.25) is 0 Å². The number of hydrogen-bond acceptors (Lipinski definition) is 13. The lowest BCUT2D eigenvalue weighted by atomic mass is 9.79. The molecule has 3 atom stereocenters. The number of piperazine rings is 2. The number of pyridine rings is 1. The van der Waals surface area contributed by atoms with Gasteiger partial charge in [0.15, 0.2) is 5.60 Å². The summed E-state index contributed by atoms with van der Waals surface area (Å²) in [5, 5.41) is 42.5. The van der Waals surface area contributed by atoms with Crippen LogP contribution in [0.1, 0.15) is 110 Å². The van der Waals surface area contributed by atoms with E-state index in [1.807, 2.05) is 36.4 Å². The van der Waals surface area contributed by atoms with Gasteiger partial charge < -0.3 is 44.2 Å². The fraction of sp³-hybridized carbons (Fsp3) is 0.438. The molecule has 0 radical (unpaired) electrons. The fourth-order valence-electron chi connectivity index (χ4n) is 10.7. The number of aliphatic hydroxyl groups excluding tert-OH is 2. The molecular formula is C64H80BF4N9O5. The average Bonchev–Trinajstić information content (AvgIpc) is 2.64. The number of aliphatic hydroxyl groups is 3. The Bertz CT molecular complexity index is 3140. The van der Waals surface area contributed by atoms with Crippen molar-refractivity contribution in [2.75, 3.05) is 72.0 Å². The maximum atomic E-state index is 16.1. The summed E-state index contributed by atoms with van der Waals surface area (Å²) in [7, 11) is -0.317. The second-order valence-electron chi connectivity index (χ2n) is 23.6. The molecule has 83 heavy (non-hydrogen) atoms. The van der Waals surface area contributed by atoms with Crippen molar-refractivity contribution >= 4 is 35.3 Å². The maximum Gasteiger partial charge on any atom is 0.494 e. The van der Waals surface area contributed by atoms with Gasteiger partial charge in [-0.2, -0.15) is 8.78 Å². The normalized spacial score (nSPS) is 17.7. The lowest BCUT2D eigenvalue weighted by Crippen LogP contribution is -2.48. The highest BCUT2D eigenvalue weighted by Gasteiger charge is 2.58. The lowest BCUT2D eigenvalue weighted by Gasteiger charge is -2.37. The van der Waals surface area contributed by atoms with Crippen LogP contribution in [-0.4, -0.2) is 111 Å². The highest BCUT2D eigenvalue weighted by atomic mass is 19.3. The zero-order valence-corrected chi connectivity index (χ0v) is 48.1. The molecule has 0 spiro atoms. The van der Waals surface area contributed by atoms with Gasteiger partial charge in [-0.05, 0) is 152 Å². The van der Waals surface area contributed by atoms with E-state index in [1.165, 1.54) is 23.6 Å². The topological polar surface area (TPSA) is 149 Å². The zero-order valence-electron chi connectivity index (χ0n) is 48.1. The Morgan fingerprint density at radius 3 is 1.40 bits per heavy atom. The molecule has 3 aliphatic heterocycles. The van der Waals surface area contributed by atoms with Crippen molar-refractivity contribution in [3.05, 3.63) is 174 Å². The van der Waals surface area contributed by atoms with Crippen molar-refractivity contribution < 1.29 is 42.2 Å². The van der Waals surface area contributed by atoms with Crippen LogP contribution in [0.4, 0.5) is 40.3 Å². The van der Waals surface area contributed by atoms with Gasteiger partial charge in [-0.15, -0.1) is 5.10 Å². The van der Waals surface area contributed by atoms with E-state index in [2.05, 4.69) is 156 Å². The minimum absolute atomic E-state index is 0. The van der Waals surface area contributed by atoms with Crippen molar-refractivity contribution in [2.24, 2.45) is 11.8 Å². The van der Waals surface area contributed by atoms with Gasteiger partial charge >= 0.3 is 13.0 Å². The van der Waals surface area contributed by atoms with Crippen LogP contribution in [0.3, 0.4) is 0 Å². The molecule has 14 nitrogen and oxygen atoms in total. The highest BCUT2D eigenvalue weighted by Crippen LogP contribution is 2.47. The third kappa shape index (κ3) is 14.2. The molecule has 3 aliphatic rings. The summed E-state index contributed by atoms with van der Waals surface area (Å²) in [5.74, 6) is -5.57. The smallest absolute Gasteiger partial charge is 0.399 e. The summed E-state index contributed by atoms with van der Waals surface area (Å²) in [4.78, 5) is 13.4. The van der Waals surface area contributed by atoms with Gasteiger partial charge in [0.25, 0.3) is 0 Å². The molecule has 0 bridgehead atoms. The minimum Gasteiger partial charge on any atom is -0.399 e. The number of aromatic nitrogens is 5. The summed E-state index contributed by atoms with van der Waals surface area (Å²) in [6.07, 6.45) is 2.95. The van der Waals surface area contributed by atoms with Crippen LogP contribution in [-0.2, 0) is 27.4 Å². The van der Waals surface area contributed by atoms with Gasteiger partial charge in [0.05, 0.1) is 30.0 Å². The van der Waals surface area contributed by atoms with Crippen molar-refractivity contribution in [1.29, 1.82) is 0 Å². The van der Waals surface area contributed by atoms with E-state index in [0.717, 1.165) is 128 Å². The number of tetrazole rings is 1. The van der Waals surface area contributed by atoms with Crippen LogP contribution < -0.4 is 25.1 Å². The Hall–Kier alpha value is -6.90.